The Hall–Kier alpha value is -4.03. The fraction of sp³-hybridized carbons (Fsp3) is 0.732. The molecule has 0 bridgehead atoms. The number of ether oxygens (including phenoxy) is 1. The van der Waals surface area contributed by atoms with Gasteiger partial charge < -0.3 is 30.6 Å². The molecule has 0 aromatic carbocycles. The minimum Gasteiger partial charge on any atom is -0.447 e. The molecule has 3 aliphatic carbocycles. The van der Waals surface area contributed by atoms with Gasteiger partial charge in [-0.15, -0.1) is 0 Å². The number of nitrogens with zero attached hydrogens (tertiary/aromatic N) is 1. The van der Waals surface area contributed by atoms with Crippen LogP contribution in [0.15, 0.2) is 0 Å². The van der Waals surface area contributed by atoms with E-state index in [9.17, 15) is 33.6 Å². The molecule has 4 aliphatic rings. The van der Waals surface area contributed by atoms with E-state index < -0.39 is 65.0 Å². The number of aryl methyl sites for hydroxylation is 1. The van der Waals surface area contributed by atoms with Crippen LogP contribution < -0.4 is 16.0 Å². The van der Waals surface area contributed by atoms with Crippen LogP contribution in [0.1, 0.15) is 157 Å². The summed E-state index contributed by atoms with van der Waals surface area (Å²) in [5.74, 6) is -4.17. The number of carbonyl (C=O) groups is 7. The number of aromatic nitrogens is 1. The maximum Gasteiger partial charge on any atom is 0.356 e. The summed E-state index contributed by atoms with van der Waals surface area (Å²) in [6.07, 6.45) is 9.22. The topological polar surface area (TPSA) is 184 Å². The van der Waals surface area contributed by atoms with Gasteiger partial charge in [0.2, 0.25) is 17.6 Å². The minimum atomic E-state index is -1.21. The molecule has 5 rings (SSSR count). The molecule has 2 unspecified atom stereocenters. The van der Waals surface area contributed by atoms with Crippen molar-refractivity contribution in [1.82, 2.24) is 25.8 Å². The molecular formula is C41H61N5O8. The predicted molar refractivity (Wildman–Crippen MR) is 201 cm³/mol. The van der Waals surface area contributed by atoms with E-state index in [2.05, 4.69) is 20.9 Å². The summed E-state index contributed by atoms with van der Waals surface area (Å²) in [7, 11) is 0. The van der Waals surface area contributed by atoms with Gasteiger partial charge in [0.1, 0.15) is 17.8 Å². The first kappa shape index (κ1) is 41.1. The van der Waals surface area contributed by atoms with Gasteiger partial charge in [0.15, 0.2) is 11.9 Å². The Morgan fingerprint density at radius 2 is 1.54 bits per heavy atom. The number of ketones is 2. The van der Waals surface area contributed by atoms with Crippen LogP contribution in [0.4, 0.5) is 0 Å². The van der Waals surface area contributed by atoms with E-state index in [1.807, 2.05) is 27.7 Å². The molecule has 1 aromatic heterocycles. The van der Waals surface area contributed by atoms with Crippen LogP contribution in [0, 0.1) is 31.1 Å². The summed E-state index contributed by atoms with van der Waals surface area (Å²) in [6, 6.07) is -3.20. The molecule has 6 atom stereocenters. The van der Waals surface area contributed by atoms with Gasteiger partial charge in [-0.05, 0) is 89.0 Å². The Balaban J connectivity index is 1.41. The van der Waals surface area contributed by atoms with Crippen molar-refractivity contribution in [2.75, 3.05) is 0 Å². The van der Waals surface area contributed by atoms with Crippen molar-refractivity contribution in [2.45, 2.75) is 175 Å². The standard InChI is InChI=1S/C41H61N5O8/c1-8-14-28(33(48)37(50)43-27-19-20-27)44-36(49)30-21-26-17-12-13-18-29(26)46(30)39(52)35(41(5,6)7)45-38(51)34(25-15-10-9-11-16-25)54-40(53)32-31(24(4)47)22(2)23(3)42-32/h25-30,34-35,42H,8-21H2,1-7H3,(H,43,50)(H,44,49)(H,45,51)/t26?,28-,29?,30-,34-,35+/m0/s1. The number of hydrogen-bond acceptors (Lipinski definition) is 8. The molecule has 1 aliphatic heterocycles. The van der Waals surface area contributed by atoms with Crippen LogP contribution in [-0.2, 0) is 28.7 Å². The fourth-order valence-corrected chi connectivity index (χ4v) is 8.79. The van der Waals surface area contributed by atoms with Gasteiger partial charge >= 0.3 is 5.97 Å². The monoisotopic (exact) mass is 751 g/mol. The summed E-state index contributed by atoms with van der Waals surface area (Å²) in [5.41, 5.74) is 0.729. The molecular weight excluding hydrogens is 690 g/mol. The molecule has 4 fully saturated rings. The summed E-state index contributed by atoms with van der Waals surface area (Å²) >= 11 is 0. The van der Waals surface area contributed by atoms with Crippen molar-refractivity contribution >= 4 is 41.2 Å². The first-order valence-electron chi connectivity index (χ1n) is 20.2. The lowest BCUT2D eigenvalue weighted by Crippen LogP contribution is -2.62. The van der Waals surface area contributed by atoms with Crippen LogP contribution in [-0.4, -0.2) is 87.4 Å². The van der Waals surface area contributed by atoms with E-state index in [0.29, 0.717) is 43.4 Å². The highest BCUT2D eigenvalue weighted by molar-refractivity contribution is 6.38. The SMILES string of the molecule is CCC[C@H](NC(=O)[C@@H]1CC2CCCCC2N1C(=O)[C@@H](NC(=O)[C@@H](OC(=O)c1[nH]c(C)c(C)c1C(C)=O)C1CCCCC1)C(C)(C)C)C(=O)C(=O)NC1CC1. The summed E-state index contributed by atoms with van der Waals surface area (Å²) in [6.45, 7) is 12.3. The molecule has 13 heteroatoms. The van der Waals surface area contributed by atoms with Crippen molar-refractivity contribution in [3.63, 3.8) is 0 Å². The van der Waals surface area contributed by atoms with Gasteiger partial charge in [-0.3, -0.25) is 28.8 Å². The van der Waals surface area contributed by atoms with E-state index in [0.717, 1.165) is 51.4 Å². The minimum absolute atomic E-state index is 0.00356. The lowest BCUT2D eigenvalue weighted by molar-refractivity contribution is -0.149. The normalized spacial score (nSPS) is 23.4. The number of likely N-dealkylation sites (tertiary alicyclic amines) is 1. The highest BCUT2D eigenvalue weighted by Gasteiger charge is 2.51. The van der Waals surface area contributed by atoms with Crippen LogP contribution in [0.2, 0.25) is 0 Å². The molecule has 4 N–H and O–H groups in total. The third kappa shape index (κ3) is 9.25. The van der Waals surface area contributed by atoms with Crippen molar-refractivity contribution in [2.24, 2.45) is 17.3 Å². The van der Waals surface area contributed by atoms with Gasteiger partial charge in [0, 0.05) is 23.7 Å². The zero-order chi connectivity index (χ0) is 39.5. The highest BCUT2D eigenvalue weighted by atomic mass is 16.5. The first-order chi connectivity index (χ1) is 25.5. The first-order valence-corrected chi connectivity index (χ1v) is 20.2. The number of aromatic amines is 1. The summed E-state index contributed by atoms with van der Waals surface area (Å²) in [4.78, 5) is 100. The van der Waals surface area contributed by atoms with E-state index in [1.165, 1.54) is 6.92 Å². The molecule has 2 heterocycles. The lowest BCUT2D eigenvalue weighted by Gasteiger charge is -2.40. The molecule has 0 radical (unpaired) electrons. The lowest BCUT2D eigenvalue weighted by atomic mass is 9.82. The number of fused-ring (bicyclic) bond motifs is 1. The van der Waals surface area contributed by atoms with Crippen LogP contribution in [0.25, 0.3) is 0 Å². The number of hydrogen-bond donors (Lipinski definition) is 4. The second-order valence-electron chi connectivity index (χ2n) is 17.3. The van der Waals surface area contributed by atoms with E-state index in [4.69, 9.17) is 4.74 Å². The van der Waals surface area contributed by atoms with Crippen molar-refractivity contribution in [3.8, 4) is 0 Å². The third-order valence-corrected chi connectivity index (χ3v) is 12.0. The van der Waals surface area contributed by atoms with Crippen molar-refractivity contribution in [3.05, 3.63) is 22.5 Å². The maximum absolute atomic E-state index is 14.9. The maximum atomic E-state index is 14.9. The molecule has 54 heavy (non-hydrogen) atoms. The number of Topliss-reactive ketones (excluding diaryl/α,β-unsaturated/α-hetero) is 2. The van der Waals surface area contributed by atoms with Gasteiger partial charge in [-0.2, -0.15) is 0 Å². The Kier molecular flexibility index (Phi) is 13.1. The molecule has 298 valence electrons. The molecule has 4 amide bonds. The summed E-state index contributed by atoms with van der Waals surface area (Å²) < 4.78 is 6.01. The molecule has 1 saturated heterocycles. The van der Waals surface area contributed by atoms with Gasteiger partial charge in [0.05, 0.1) is 11.6 Å². The number of esters is 1. The highest BCUT2D eigenvalue weighted by Crippen LogP contribution is 2.41. The van der Waals surface area contributed by atoms with Gasteiger partial charge in [-0.1, -0.05) is 66.2 Å². The average molecular weight is 752 g/mol. The molecule has 0 spiro atoms. The second-order valence-corrected chi connectivity index (χ2v) is 17.3. The zero-order valence-electron chi connectivity index (χ0n) is 33.2. The summed E-state index contributed by atoms with van der Waals surface area (Å²) in [5, 5.41) is 8.57. The van der Waals surface area contributed by atoms with E-state index >= 15 is 0 Å². The van der Waals surface area contributed by atoms with Crippen LogP contribution >= 0.6 is 0 Å². The van der Waals surface area contributed by atoms with E-state index in [-0.39, 0.29) is 47.4 Å². The van der Waals surface area contributed by atoms with E-state index in [1.54, 1.807) is 18.7 Å². The smallest absolute Gasteiger partial charge is 0.356 e. The number of rotatable bonds is 14. The van der Waals surface area contributed by atoms with Crippen LogP contribution in [0.3, 0.4) is 0 Å². The Labute approximate surface area is 319 Å². The molecule has 1 aromatic rings. The quantitative estimate of drug-likeness (QED) is 0.119. The van der Waals surface area contributed by atoms with Crippen LogP contribution in [0.5, 0.6) is 0 Å². The largest absolute Gasteiger partial charge is 0.447 e. The molecule has 3 saturated carbocycles. The molecule has 13 nitrogen and oxygen atoms in total. The van der Waals surface area contributed by atoms with Gasteiger partial charge in [-0.25, -0.2) is 4.79 Å². The average Bonchev–Trinajstić information content (AvgIpc) is 3.77. The Morgan fingerprint density at radius 3 is 2.15 bits per heavy atom. The Bertz CT molecular complexity index is 1620. The van der Waals surface area contributed by atoms with Gasteiger partial charge in [0.25, 0.3) is 11.8 Å². The number of nitrogens with one attached hydrogen (secondary N) is 4. The Morgan fingerprint density at radius 1 is 0.889 bits per heavy atom. The fourth-order valence-electron chi connectivity index (χ4n) is 8.79. The zero-order valence-corrected chi connectivity index (χ0v) is 33.2. The number of carbonyl (C=O) groups excluding carboxylic acids is 7. The predicted octanol–water partition coefficient (Wildman–Crippen LogP) is 4.76. The van der Waals surface area contributed by atoms with Crippen molar-refractivity contribution in [1.29, 1.82) is 0 Å². The third-order valence-electron chi connectivity index (χ3n) is 12.0. The number of amides is 4. The number of H-pyrrole nitrogens is 1. The van der Waals surface area contributed by atoms with Crippen molar-refractivity contribution < 1.29 is 38.3 Å². The second kappa shape index (κ2) is 17.2.